The first-order valence-electron chi connectivity index (χ1n) is 8.11. The van der Waals surface area contributed by atoms with Gasteiger partial charge in [-0.1, -0.05) is 13.8 Å². The van der Waals surface area contributed by atoms with Gasteiger partial charge in [0, 0.05) is 30.4 Å². The highest BCUT2D eigenvalue weighted by Crippen LogP contribution is 2.36. The van der Waals surface area contributed by atoms with Gasteiger partial charge in [0.05, 0.1) is 0 Å². The minimum atomic E-state index is 0.0591. The summed E-state index contributed by atoms with van der Waals surface area (Å²) < 4.78 is 0. The van der Waals surface area contributed by atoms with E-state index in [0.29, 0.717) is 11.5 Å². The second-order valence-electron chi connectivity index (χ2n) is 6.80. The summed E-state index contributed by atoms with van der Waals surface area (Å²) in [6.07, 6.45) is 3.37. The molecule has 1 saturated carbocycles. The van der Waals surface area contributed by atoms with Crippen LogP contribution in [-0.4, -0.2) is 25.0 Å². The molecule has 1 aliphatic carbocycles. The van der Waals surface area contributed by atoms with Crippen LogP contribution in [0.5, 0.6) is 0 Å². The summed E-state index contributed by atoms with van der Waals surface area (Å²) >= 11 is 0. The Morgan fingerprint density at radius 3 is 2.33 bits per heavy atom. The van der Waals surface area contributed by atoms with Gasteiger partial charge >= 0.3 is 0 Å². The highest BCUT2D eigenvalue weighted by atomic mass is 16.1. The number of benzene rings is 1. The number of amides is 1. The number of nitrogens with one attached hydrogen (secondary N) is 1. The molecule has 21 heavy (non-hydrogen) atoms. The summed E-state index contributed by atoms with van der Waals surface area (Å²) in [5.41, 5.74) is 2.30. The van der Waals surface area contributed by atoms with Gasteiger partial charge in [0.25, 0.3) is 5.91 Å². The van der Waals surface area contributed by atoms with E-state index < -0.39 is 0 Å². The highest BCUT2D eigenvalue weighted by Gasteiger charge is 2.31. The molecule has 0 radical (unpaired) electrons. The van der Waals surface area contributed by atoms with E-state index in [2.05, 4.69) is 37.9 Å². The largest absolute Gasteiger partial charge is 0.372 e. The average Bonchev–Trinajstić information content (AvgIpc) is 2.80. The van der Waals surface area contributed by atoms with Crippen molar-refractivity contribution < 1.29 is 4.79 Å². The maximum absolute atomic E-state index is 12.3. The molecule has 0 saturated heterocycles. The molecule has 2 rings (SSSR count). The molecular formula is C18H28N2O. The molecule has 1 unspecified atom stereocenters. The summed E-state index contributed by atoms with van der Waals surface area (Å²) in [6.45, 7) is 10.8. The first-order chi connectivity index (χ1) is 9.95. The van der Waals surface area contributed by atoms with Gasteiger partial charge in [-0.25, -0.2) is 0 Å². The minimum Gasteiger partial charge on any atom is -0.372 e. The number of nitrogens with zero attached hydrogens (tertiary/aromatic N) is 1. The molecule has 0 bridgehead atoms. The monoisotopic (exact) mass is 288 g/mol. The van der Waals surface area contributed by atoms with Crippen molar-refractivity contribution in [2.45, 2.75) is 53.0 Å². The normalized spacial score (nSPS) is 20.3. The van der Waals surface area contributed by atoms with Crippen molar-refractivity contribution in [2.75, 3.05) is 18.0 Å². The molecule has 1 amide bonds. The van der Waals surface area contributed by atoms with Gasteiger partial charge in [-0.15, -0.1) is 0 Å². The molecule has 0 spiro atoms. The van der Waals surface area contributed by atoms with Crippen LogP contribution in [0, 0.1) is 5.41 Å². The Hall–Kier alpha value is -1.51. The molecule has 1 fully saturated rings. The van der Waals surface area contributed by atoms with Gasteiger partial charge in [-0.05, 0) is 62.8 Å². The summed E-state index contributed by atoms with van der Waals surface area (Å²) in [6, 6.07) is 8.28. The molecule has 1 atom stereocenters. The lowest BCUT2D eigenvalue weighted by Gasteiger charge is -2.21. The van der Waals surface area contributed by atoms with Crippen LogP contribution in [0.3, 0.4) is 0 Å². The molecule has 3 nitrogen and oxygen atoms in total. The third kappa shape index (κ3) is 3.99. The smallest absolute Gasteiger partial charge is 0.251 e. The zero-order valence-corrected chi connectivity index (χ0v) is 13.8. The number of hydrogen-bond donors (Lipinski definition) is 1. The number of hydrogen-bond acceptors (Lipinski definition) is 2. The first kappa shape index (κ1) is 15.9. The zero-order valence-electron chi connectivity index (χ0n) is 13.8. The number of rotatable bonds is 5. The van der Waals surface area contributed by atoms with E-state index in [0.717, 1.165) is 31.5 Å². The lowest BCUT2D eigenvalue weighted by atomic mass is 9.92. The van der Waals surface area contributed by atoms with E-state index in [9.17, 15) is 4.79 Å². The lowest BCUT2D eigenvalue weighted by Crippen LogP contribution is -2.33. The SMILES string of the molecule is CCN(CC)c1ccc(C(=O)NC2CCC(C)(C)C2)cc1. The number of anilines is 1. The van der Waals surface area contributed by atoms with Gasteiger partial charge in [0.15, 0.2) is 0 Å². The molecule has 1 aromatic carbocycles. The van der Waals surface area contributed by atoms with E-state index in [1.807, 2.05) is 24.3 Å². The molecule has 1 aliphatic rings. The highest BCUT2D eigenvalue weighted by molar-refractivity contribution is 5.94. The maximum atomic E-state index is 12.3. The first-order valence-corrected chi connectivity index (χ1v) is 8.11. The van der Waals surface area contributed by atoms with Crippen molar-refractivity contribution in [3.63, 3.8) is 0 Å². The Labute approximate surface area is 128 Å². The van der Waals surface area contributed by atoms with E-state index >= 15 is 0 Å². The van der Waals surface area contributed by atoms with E-state index in [1.165, 1.54) is 12.1 Å². The molecule has 1 N–H and O–H groups in total. The number of carbonyl (C=O) groups is 1. The Morgan fingerprint density at radius 2 is 1.86 bits per heavy atom. The Balaban J connectivity index is 1.97. The van der Waals surface area contributed by atoms with Crippen LogP contribution in [0.1, 0.15) is 57.3 Å². The fourth-order valence-electron chi connectivity index (χ4n) is 3.24. The maximum Gasteiger partial charge on any atom is 0.251 e. The van der Waals surface area contributed by atoms with Crippen molar-refractivity contribution in [2.24, 2.45) is 5.41 Å². The summed E-state index contributed by atoms with van der Waals surface area (Å²) in [5.74, 6) is 0.0591. The van der Waals surface area contributed by atoms with Crippen molar-refractivity contribution in [3.05, 3.63) is 29.8 Å². The Bertz CT molecular complexity index is 474. The zero-order chi connectivity index (χ0) is 15.5. The van der Waals surface area contributed by atoms with Crippen LogP contribution in [0.15, 0.2) is 24.3 Å². The van der Waals surface area contributed by atoms with Crippen molar-refractivity contribution in [1.29, 1.82) is 0 Å². The molecule has 116 valence electrons. The fourth-order valence-corrected chi connectivity index (χ4v) is 3.24. The third-order valence-electron chi connectivity index (χ3n) is 4.56. The summed E-state index contributed by atoms with van der Waals surface area (Å²) in [4.78, 5) is 14.6. The molecule has 0 aliphatic heterocycles. The van der Waals surface area contributed by atoms with Gasteiger partial charge in [0.2, 0.25) is 0 Å². The van der Waals surface area contributed by atoms with E-state index in [-0.39, 0.29) is 5.91 Å². The molecule has 1 aromatic rings. The van der Waals surface area contributed by atoms with Crippen LogP contribution in [0.2, 0.25) is 0 Å². The number of carbonyl (C=O) groups excluding carboxylic acids is 1. The van der Waals surface area contributed by atoms with Crippen molar-refractivity contribution >= 4 is 11.6 Å². The predicted octanol–water partition coefficient (Wildman–Crippen LogP) is 3.84. The van der Waals surface area contributed by atoms with Crippen LogP contribution in [0.4, 0.5) is 5.69 Å². The topological polar surface area (TPSA) is 32.3 Å². The third-order valence-corrected chi connectivity index (χ3v) is 4.56. The van der Waals surface area contributed by atoms with Crippen LogP contribution in [-0.2, 0) is 0 Å². The van der Waals surface area contributed by atoms with Crippen molar-refractivity contribution in [3.8, 4) is 0 Å². The van der Waals surface area contributed by atoms with Gasteiger partial charge in [-0.2, -0.15) is 0 Å². The van der Waals surface area contributed by atoms with Crippen LogP contribution >= 0.6 is 0 Å². The van der Waals surface area contributed by atoms with Crippen LogP contribution < -0.4 is 10.2 Å². The second kappa shape index (κ2) is 6.50. The summed E-state index contributed by atoms with van der Waals surface area (Å²) in [7, 11) is 0. The van der Waals surface area contributed by atoms with Crippen LogP contribution in [0.25, 0.3) is 0 Å². The lowest BCUT2D eigenvalue weighted by molar-refractivity contribution is 0.0936. The van der Waals surface area contributed by atoms with Gasteiger partial charge in [-0.3, -0.25) is 4.79 Å². The predicted molar refractivity (Wildman–Crippen MR) is 88.9 cm³/mol. The molecule has 0 aromatic heterocycles. The molecule has 0 heterocycles. The van der Waals surface area contributed by atoms with Crippen molar-refractivity contribution in [1.82, 2.24) is 5.32 Å². The fraction of sp³-hybridized carbons (Fsp3) is 0.611. The Kier molecular flexibility index (Phi) is 4.92. The molecular weight excluding hydrogens is 260 g/mol. The average molecular weight is 288 g/mol. The van der Waals surface area contributed by atoms with E-state index in [4.69, 9.17) is 0 Å². The summed E-state index contributed by atoms with van der Waals surface area (Å²) in [5, 5.41) is 3.17. The molecule has 3 heteroatoms. The van der Waals surface area contributed by atoms with Gasteiger partial charge in [0.1, 0.15) is 0 Å². The van der Waals surface area contributed by atoms with Gasteiger partial charge < -0.3 is 10.2 Å². The standard InChI is InChI=1S/C18H28N2O/c1-5-20(6-2)16-9-7-14(8-10-16)17(21)19-15-11-12-18(3,4)13-15/h7-10,15H,5-6,11-13H2,1-4H3,(H,19,21). The van der Waals surface area contributed by atoms with E-state index in [1.54, 1.807) is 0 Å². The Morgan fingerprint density at radius 1 is 1.24 bits per heavy atom. The quantitative estimate of drug-likeness (QED) is 0.892. The second-order valence-corrected chi connectivity index (χ2v) is 6.80. The minimum absolute atomic E-state index is 0.0591.